The minimum atomic E-state index is -0.447. The zero-order valence-electron chi connectivity index (χ0n) is 16.5. The summed E-state index contributed by atoms with van der Waals surface area (Å²) in [6, 6.07) is 11.0. The Balaban J connectivity index is 1.86. The third-order valence-electron chi connectivity index (χ3n) is 4.08. The minimum absolute atomic E-state index is 0.00381. The number of carbonyl (C=O) groups is 1. The molecule has 2 aromatic rings. The van der Waals surface area contributed by atoms with Crippen LogP contribution in [0.3, 0.4) is 0 Å². The fraction of sp³-hybridized carbons (Fsp3) is 0.333. The summed E-state index contributed by atoms with van der Waals surface area (Å²) in [6.07, 6.45) is 0. The maximum Gasteiger partial charge on any atom is 0.339 e. The van der Waals surface area contributed by atoms with Crippen LogP contribution in [0.25, 0.3) is 0 Å². The number of thiocarbonyl (C=S) groups is 1. The maximum atomic E-state index is 11.8. The van der Waals surface area contributed by atoms with Crippen LogP contribution < -0.4 is 15.4 Å². The number of carbonyl (C=O) groups excluding carboxylic acids is 1. The lowest BCUT2D eigenvalue weighted by atomic mass is 10.1. The van der Waals surface area contributed by atoms with E-state index in [1.165, 1.54) is 11.1 Å². The van der Waals surface area contributed by atoms with Crippen LogP contribution in [0.1, 0.15) is 35.3 Å². The number of esters is 1. The zero-order valence-corrected chi connectivity index (χ0v) is 18.0. The van der Waals surface area contributed by atoms with Crippen LogP contribution in [-0.2, 0) is 4.74 Å². The second-order valence-electron chi connectivity index (χ2n) is 6.47. The van der Waals surface area contributed by atoms with Gasteiger partial charge >= 0.3 is 5.97 Å². The van der Waals surface area contributed by atoms with Crippen molar-refractivity contribution in [1.82, 2.24) is 5.32 Å². The maximum absolute atomic E-state index is 11.8. The molecule has 2 N–H and O–H groups in total. The van der Waals surface area contributed by atoms with E-state index in [4.69, 9.17) is 33.3 Å². The molecular weight excluding hydrogens is 396 g/mol. The van der Waals surface area contributed by atoms with Gasteiger partial charge in [-0.15, -0.1) is 0 Å². The molecule has 5 nitrogen and oxygen atoms in total. The van der Waals surface area contributed by atoms with E-state index in [0.717, 1.165) is 5.75 Å². The van der Waals surface area contributed by atoms with Gasteiger partial charge in [0.25, 0.3) is 0 Å². The summed E-state index contributed by atoms with van der Waals surface area (Å²) < 4.78 is 10.8. The number of rotatable bonds is 7. The van der Waals surface area contributed by atoms with Crippen molar-refractivity contribution in [2.24, 2.45) is 0 Å². The largest absolute Gasteiger partial charge is 0.491 e. The third kappa shape index (κ3) is 6.39. The van der Waals surface area contributed by atoms with Gasteiger partial charge in [-0.2, -0.15) is 0 Å². The van der Waals surface area contributed by atoms with Crippen molar-refractivity contribution in [3.05, 3.63) is 58.1 Å². The number of ether oxygens (including phenoxy) is 2. The Bertz CT molecular complexity index is 858. The summed E-state index contributed by atoms with van der Waals surface area (Å²) in [7, 11) is 0. The van der Waals surface area contributed by atoms with E-state index in [2.05, 4.69) is 24.5 Å². The van der Waals surface area contributed by atoms with Crippen molar-refractivity contribution in [2.75, 3.05) is 18.5 Å². The standard InChI is InChI=1S/C21H25ClN2O3S/c1-5-26-20(25)18-9-7-16(11-19(18)22)24-21(28)23-15(4)12-27-17-8-6-13(2)14(3)10-17/h6-11,15H,5,12H2,1-4H3,(H2,23,24,28)/t15-/m1/s1. The molecule has 0 unspecified atom stereocenters. The first-order valence-electron chi connectivity index (χ1n) is 9.04. The Morgan fingerprint density at radius 3 is 2.57 bits per heavy atom. The minimum Gasteiger partial charge on any atom is -0.491 e. The number of nitrogens with one attached hydrogen (secondary N) is 2. The summed E-state index contributed by atoms with van der Waals surface area (Å²) in [5.74, 6) is 0.383. The van der Waals surface area contributed by atoms with E-state index in [0.29, 0.717) is 34.6 Å². The van der Waals surface area contributed by atoms with Gasteiger partial charge < -0.3 is 20.1 Å². The molecular formula is C21H25ClN2O3S. The number of benzene rings is 2. The Labute approximate surface area is 176 Å². The van der Waals surface area contributed by atoms with Gasteiger partial charge in [-0.05, 0) is 81.4 Å². The van der Waals surface area contributed by atoms with E-state index in [1.54, 1.807) is 25.1 Å². The lowest BCUT2D eigenvalue weighted by Gasteiger charge is -2.18. The lowest BCUT2D eigenvalue weighted by Crippen LogP contribution is -2.39. The van der Waals surface area contributed by atoms with Gasteiger partial charge in [-0.3, -0.25) is 0 Å². The summed E-state index contributed by atoms with van der Waals surface area (Å²) >= 11 is 11.5. The summed E-state index contributed by atoms with van der Waals surface area (Å²) in [4.78, 5) is 11.8. The Morgan fingerprint density at radius 1 is 1.18 bits per heavy atom. The van der Waals surface area contributed by atoms with Crippen molar-refractivity contribution in [2.45, 2.75) is 33.7 Å². The van der Waals surface area contributed by atoms with Gasteiger partial charge in [0.2, 0.25) is 0 Å². The molecule has 0 spiro atoms. The van der Waals surface area contributed by atoms with Crippen molar-refractivity contribution >= 4 is 40.6 Å². The lowest BCUT2D eigenvalue weighted by molar-refractivity contribution is 0.0526. The molecule has 1 atom stereocenters. The molecule has 0 bridgehead atoms. The Hall–Kier alpha value is -2.31. The molecule has 28 heavy (non-hydrogen) atoms. The average Bonchev–Trinajstić information content (AvgIpc) is 2.63. The quantitative estimate of drug-likeness (QED) is 0.491. The fourth-order valence-electron chi connectivity index (χ4n) is 2.42. The molecule has 150 valence electrons. The van der Waals surface area contributed by atoms with Crippen LogP contribution in [0.4, 0.5) is 5.69 Å². The highest BCUT2D eigenvalue weighted by molar-refractivity contribution is 7.80. The monoisotopic (exact) mass is 420 g/mol. The zero-order chi connectivity index (χ0) is 20.7. The summed E-state index contributed by atoms with van der Waals surface area (Å²) in [5.41, 5.74) is 3.43. The molecule has 2 rings (SSSR count). The number of anilines is 1. The summed E-state index contributed by atoms with van der Waals surface area (Å²) in [5, 5.41) is 6.96. The Morgan fingerprint density at radius 2 is 1.93 bits per heavy atom. The highest BCUT2D eigenvalue weighted by Crippen LogP contribution is 2.22. The molecule has 0 aliphatic carbocycles. The van der Waals surface area contributed by atoms with E-state index < -0.39 is 5.97 Å². The molecule has 7 heteroatoms. The van der Waals surface area contributed by atoms with Gasteiger partial charge in [-0.25, -0.2) is 4.79 Å². The molecule has 0 aliphatic rings. The molecule has 0 aromatic heterocycles. The second-order valence-corrected chi connectivity index (χ2v) is 7.29. The van der Waals surface area contributed by atoms with Gasteiger partial charge in [0, 0.05) is 5.69 Å². The first-order chi connectivity index (χ1) is 13.3. The SMILES string of the molecule is CCOC(=O)c1ccc(NC(=S)N[C@H](C)COc2ccc(C)c(C)c2)cc1Cl. The number of aryl methyl sites for hydroxylation is 2. The van der Waals surface area contributed by atoms with Gasteiger partial charge in [0.05, 0.1) is 23.2 Å². The topological polar surface area (TPSA) is 59.6 Å². The number of halogens is 1. The molecule has 0 saturated heterocycles. The molecule has 0 fully saturated rings. The first-order valence-corrected chi connectivity index (χ1v) is 9.83. The highest BCUT2D eigenvalue weighted by Gasteiger charge is 2.12. The second kappa shape index (κ2) is 10.3. The van der Waals surface area contributed by atoms with Gasteiger partial charge in [0.1, 0.15) is 12.4 Å². The van der Waals surface area contributed by atoms with Crippen molar-refractivity contribution < 1.29 is 14.3 Å². The van der Waals surface area contributed by atoms with Crippen LogP contribution in [0.2, 0.25) is 5.02 Å². The molecule has 0 heterocycles. The number of hydrogen-bond acceptors (Lipinski definition) is 4. The summed E-state index contributed by atoms with van der Waals surface area (Å²) in [6.45, 7) is 8.61. The predicted octanol–water partition coefficient (Wildman–Crippen LogP) is 4.89. The van der Waals surface area contributed by atoms with E-state index >= 15 is 0 Å². The third-order valence-corrected chi connectivity index (χ3v) is 4.61. The van der Waals surface area contributed by atoms with E-state index in [-0.39, 0.29) is 6.04 Å². The molecule has 0 aliphatic heterocycles. The Kier molecular flexibility index (Phi) is 8.08. The van der Waals surface area contributed by atoms with E-state index in [9.17, 15) is 4.79 Å². The number of hydrogen-bond donors (Lipinski definition) is 2. The smallest absolute Gasteiger partial charge is 0.339 e. The van der Waals surface area contributed by atoms with Crippen molar-refractivity contribution in [1.29, 1.82) is 0 Å². The molecule has 0 amide bonds. The molecule has 0 saturated carbocycles. The molecule has 0 radical (unpaired) electrons. The van der Waals surface area contributed by atoms with Crippen LogP contribution in [-0.4, -0.2) is 30.3 Å². The van der Waals surface area contributed by atoms with Gasteiger partial charge in [-0.1, -0.05) is 17.7 Å². The van der Waals surface area contributed by atoms with E-state index in [1.807, 2.05) is 25.1 Å². The average molecular weight is 421 g/mol. The van der Waals surface area contributed by atoms with Gasteiger partial charge in [0.15, 0.2) is 5.11 Å². The van der Waals surface area contributed by atoms with Crippen LogP contribution in [0.15, 0.2) is 36.4 Å². The first kappa shape index (κ1) is 22.0. The fourth-order valence-corrected chi connectivity index (χ4v) is 3.00. The molecule has 2 aromatic carbocycles. The highest BCUT2D eigenvalue weighted by atomic mass is 35.5. The van der Waals surface area contributed by atoms with Crippen molar-refractivity contribution in [3.8, 4) is 5.75 Å². The van der Waals surface area contributed by atoms with Crippen LogP contribution >= 0.6 is 23.8 Å². The predicted molar refractivity (Wildman–Crippen MR) is 118 cm³/mol. The van der Waals surface area contributed by atoms with Crippen LogP contribution in [0.5, 0.6) is 5.75 Å². The van der Waals surface area contributed by atoms with Crippen LogP contribution in [0, 0.1) is 13.8 Å². The normalized spacial score (nSPS) is 11.5. The van der Waals surface area contributed by atoms with Crippen molar-refractivity contribution in [3.63, 3.8) is 0 Å².